The highest BCUT2D eigenvalue weighted by Gasteiger charge is 2.44. The highest BCUT2D eigenvalue weighted by atomic mass is 32.1. The Bertz CT molecular complexity index is 642. The van der Waals surface area contributed by atoms with Gasteiger partial charge in [-0.15, -0.1) is 11.3 Å². The first kappa shape index (κ1) is 15.0. The van der Waals surface area contributed by atoms with Gasteiger partial charge in [-0.3, -0.25) is 4.68 Å². The van der Waals surface area contributed by atoms with Gasteiger partial charge >= 0.3 is 5.97 Å². The topological polar surface area (TPSA) is 71.2 Å². The Kier molecular flexibility index (Phi) is 3.90. The Balaban J connectivity index is 1.83. The van der Waals surface area contributed by atoms with Gasteiger partial charge in [0.25, 0.3) is 0 Å². The van der Waals surface area contributed by atoms with Crippen LogP contribution in [0.3, 0.4) is 0 Å². The van der Waals surface area contributed by atoms with Crippen molar-refractivity contribution in [3.63, 3.8) is 0 Å². The zero-order valence-electron chi connectivity index (χ0n) is 12.8. The second-order valence-electron chi connectivity index (χ2n) is 5.98. The van der Waals surface area contributed by atoms with E-state index in [2.05, 4.69) is 28.8 Å². The molecule has 1 N–H and O–H groups in total. The van der Waals surface area contributed by atoms with Gasteiger partial charge in [0, 0.05) is 43.7 Å². The maximum atomic E-state index is 12.0. The first-order valence-corrected chi connectivity index (χ1v) is 8.35. The summed E-state index contributed by atoms with van der Waals surface area (Å²) in [6, 6.07) is 1.92. The third kappa shape index (κ3) is 2.49. The Hall–Kier alpha value is -1.89. The Morgan fingerprint density at radius 2 is 2.14 bits per heavy atom. The van der Waals surface area contributed by atoms with Crippen molar-refractivity contribution in [3.8, 4) is 0 Å². The molecular weight excluding hydrogens is 300 g/mol. The number of aliphatic carboxylic acids is 1. The van der Waals surface area contributed by atoms with E-state index in [1.807, 2.05) is 17.6 Å². The fourth-order valence-corrected chi connectivity index (χ4v) is 3.56. The summed E-state index contributed by atoms with van der Waals surface area (Å²) in [5.74, 6) is -0.507. The molecule has 0 atom stereocenters. The summed E-state index contributed by atoms with van der Waals surface area (Å²) < 4.78 is 1.66. The van der Waals surface area contributed by atoms with Gasteiger partial charge in [-0.05, 0) is 12.0 Å². The minimum absolute atomic E-state index is 0.294. The second-order valence-corrected chi connectivity index (χ2v) is 6.85. The molecule has 7 heteroatoms. The Morgan fingerprint density at radius 3 is 2.64 bits per heavy atom. The van der Waals surface area contributed by atoms with Crippen molar-refractivity contribution >= 4 is 22.4 Å². The lowest BCUT2D eigenvalue weighted by Crippen LogP contribution is -2.51. The normalized spacial score (nSPS) is 17.9. The summed E-state index contributed by atoms with van der Waals surface area (Å²) in [6.07, 6.45) is 4.65. The molecule has 2 aromatic heterocycles. The number of anilines is 1. The van der Waals surface area contributed by atoms with Crippen molar-refractivity contribution in [1.29, 1.82) is 0 Å². The second kappa shape index (κ2) is 5.72. The summed E-state index contributed by atoms with van der Waals surface area (Å²) in [7, 11) is 0. The molecule has 1 saturated heterocycles. The van der Waals surface area contributed by atoms with E-state index in [4.69, 9.17) is 0 Å². The van der Waals surface area contributed by atoms with Crippen molar-refractivity contribution in [2.45, 2.75) is 38.1 Å². The molecule has 0 amide bonds. The largest absolute Gasteiger partial charge is 0.479 e. The number of carboxylic acids is 1. The fourth-order valence-electron chi connectivity index (χ4n) is 2.87. The van der Waals surface area contributed by atoms with Crippen LogP contribution < -0.4 is 4.90 Å². The van der Waals surface area contributed by atoms with Crippen LogP contribution in [0.25, 0.3) is 0 Å². The summed E-state index contributed by atoms with van der Waals surface area (Å²) in [6.45, 7) is 5.48. The lowest BCUT2D eigenvalue weighted by molar-refractivity contribution is -0.149. The van der Waals surface area contributed by atoms with E-state index in [1.54, 1.807) is 22.2 Å². The van der Waals surface area contributed by atoms with Gasteiger partial charge in [-0.1, -0.05) is 13.8 Å². The molecule has 0 bridgehead atoms. The van der Waals surface area contributed by atoms with Gasteiger partial charge in [0.15, 0.2) is 10.7 Å². The van der Waals surface area contributed by atoms with E-state index in [1.165, 1.54) is 0 Å². The molecule has 1 fully saturated rings. The van der Waals surface area contributed by atoms with E-state index in [0.29, 0.717) is 31.8 Å². The van der Waals surface area contributed by atoms with Crippen LogP contribution in [0.15, 0.2) is 23.8 Å². The Morgan fingerprint density at radius 1 is 1.41 bits per heavy atom. The molecular formula is C15H20N4O2S. The van der Waals surface area contributed by atoms with Crippen LogP contribution in [0.2, 0.25) is 0 Å². The molecule has 0 radical (unpaired) electrons. The van der Waals surface area contributed by atoms with E-state index in [9.17, 15) is 9.90 Å². The lowest BCUT2D eigenvalue weighted by atomic mass is 9.88. The lowest BCUT2D eigenvalue weighted by Gasteiger charge is -2.38. The predicted molar refractivity (Wildman–Crippen MR) is 85.5 cm³/mol. The fraction of sp³-hybridized carbons (Fsp3) is 0.533. The smallest absolute Gasteiger partial charge is 0.331 e. The van der Waals surface area contributed by atoms with E-state index in [-0.39, 0.29) is 0 Å². The minimum atomic E-state index is -0.944. The van der Waals surface area contributed by atoms with Crippen LogP contribution in [0.5, 0.6) is 0 Å². The molecule has 6 nitrogen and oxygen atoms in total. The van der Waals surface area contributed by atoms with Crippen molar-refractivity contribution in [1.82, 2.24) is 14.8 Å². The molecule has 3 heterocycles. The molecule has 1 aliphatic rings. The van der Waals surface area contributed by atoms with Crippen LogP contribution in [-0.2, 0) is 10.3 Å². The van der Waals surface area contributed by atoms with Crippen LogP contribution in [0.4, 0.5) is 5.13 Å². The van der Waals surface area contributed by atoms with Crippen LogP contribution in [0.1, 0.15) is 38.3 Å². The van der Waals surface area contributed by atoms with Gasteiger partial charge in [-0.2, -0.15) is 5.10 Å². The molecule has 2 aromatic rings. The zero-order valence-corrected chi connectivity index (χ0v) is 13.6. The summed E-state index contributed by atoms with van der Waals surface area (Å²) in [4.78, 5) is 18.4. The molecule has 118 valence electrons. The van der Waals surface area contributed by atoms with Crippen molar-refractivity contribution < 1.29 is 9.90 Å². The van der Waals surface area contributed by atoms with Crippen molar-refractivity contribution in [2.24, 2.45) is 0 Å². The van der Waals surface area contributed by atoms with Crippen LogP contribution in [0, 0.1) is 0 Å². The molecule has 1 aliphatic heterocycles. The third-order valence-corrected chi connectivity index (χ3v) is 5.15. The summed E-state index contributed by atoms with van der Waals surface area (Å²) >= 11 is 1.59. The predicted octanol–water partition coefficient (Wildman–Crippen LogP) is 2.54. The third-order valence-electron chi connectivity index (χ3n) is 4.32. The molecule has 22 heavy (non-hydrogen) atoms. The van der Waals surface area contributed by atoms with E-state index >= 15 is 0 Å². The first-order valence-electron chi connectivity index (χ1n) is 7.47. The average molecular weight is 320 g/mol. The van der Waals surface area contributed by atoms with Gasteiger partial charge in [0.05, 0.1) is 5.69 Å². The SMILES string of the molecule is CC(C)c1ccn(C2(C(=O)O)CCN(c3nccs3)CC2)n1. The number of carboxylic acid groups (broad SMARTS) is 1. The van der Waals surface area contributed by atoms with Crippen molar-refractivity contribution in [2.75, 3.05) is 18.0 Å². The van der Waals surface area contributed by atoms with E-state index in [0.717, 1.165) is 10.8 Å². The van der Waals surface area contributed by atoms with Crippen molar-refractivity contribution in [3.05, 3.63) is 29.5 Å². The number of hydrogen-bond donors (Lipinski definition) is 1. The molecule has 0 spiro atoms. The maximum Gasteiger partial charge on any atom is 0.331 e. The van der Waals surface area contributed by atoms with E-state index < -0.39 is 11.5 Å². The van der Waals surface area contributed by atoms with Crippen LogP contribution >= 0.6 is 11.3 Å². The number of aromatic nitrogens is 3. The summed E-state index contributed by atoms with van der Waals surface area (Å²) in [5, 5.41) is 17.2. The highest BCUT2D eigenvalue weighted by Crippen LogP contribution is 2.33. The molecule has 0 unspecified atom stereocenters. The molecule has 0 aromatic carbocycles. The molecule has 3 rings (SSSR count). The maximum absolute atomic E-state index is 12.0. The quantitative estimate of drug-likeness (QED) is 0.937. The number of thiazole rings is 1. The minimum Gasteiger partial charge on any atom is -0.479 e. The number of nitrogens with zero attached hydrogens (tertiary/aromatic N) is 4. The monoisotopic (exact) mass is 320 g/mol. The van der Waals surface area contributed by atoms with Gasteiger partial charge in [0.1, 0.15) is 0 Å². The van der Waals surface area contributed by atoms with Gasteiger partial charge in [0.2, 0.25) is 0 Å². The standard InChI is InChI=1S/C15H20N4O2S/c1-11(2)12-3-7-19(17-12)15(13(20)21)4-8-18(9-5-15)14-16-6-10-22-14/h3,6-7,10-11H,4-5,8-9H2,1-2H3,(H,20,21). The molecule has 0 aliphatic carbocycles. The van der Waals surface area contributed by atoms with Gasteiger partial charge in [-0.25, -0.2) is 9.78 Å². The number of carbonyl (C=O) groups is 1. The Labute approximate surface area is 133 Å². The number of piperidine rings is 1. The number of hydrogen-bond acceptors (Lipinski definition) is 5. The average Bonchev–Trinajstić information content (AvgIpc) is 3.19. The first-order chi connectivity index (χ1) is 10.5. The zero-order chi connectivity index (χ0) is 15.7. The highest BCUT2D eigenvalue weighted by molar-refractivity contribution is 7.13. The summed E-state index contributed by atoms with van der Waals surface area (Å²) in [5.41, 5.74) is -0.0102. The molecule has 0 saturated carbocycles. The van der Waals surface area contributed by atoms with Gasteiger partial charge < -0.3 is 10.0 Å². The number of rotatable bonds is 4. The van der Waals surface area contributed by atoms with Crippen LogP contribution in [-0.4, -0.2) is 38.9 Å².